The Morgan fingerprint density at radius 3 is 2.60 bits per heavy atom. The molecule has 0 saturated heterocycles. The van der Waals surface area contributed by atoms with E-state index in [1.54, 1.807) is 26.4 Å². The molecule has 0 radical (unpaired) electrons. The summed E-state index contributed by atoms with van der Waals surface area (Å²) in [4.78, 5) is 0. The summed E-state index contributed by atoms with van der Waals surface area (Å²) in [6, 6.07) is 6.10. The van der Waals surface area contributed by atoms with Gasteiger partial charge in [-0.25, -0.2) is 4.39 Å². The lowest BCUT2D eigenvalue weighted by atomic mass is 10.3. The van der Waals surface area contributed by atoms with Crippen molar-refractivity contribution < 1.29 is 23.7 Å². The predicted octanol–water partition coefficient (Wildman–Crippen LogP) is 0.816. The first-order valence-corrected chi connectivity index (χ1v) is 6.45. The first kappa shape index (κ1) is 16.8. The standard InChI is InChI=1S/C14H22FNO4/c1-18-10-12(19-2)8-16-7-11(17)9-20-14-6-4-3-5-13(14)15/h3-6,11-12,16-17H,7-10H2,1-2H3. The van der Waals surface area contributed by atoms with Crippen molar-refractivity contribution in [1.29, 1.82) is 0 Å². The third kappa shape index (κ3) is 6.29. The molecule has 1 aromatic rings. The van der Waals surface area contributed by atoms with Crippen LogP contribution in [-0.4, -0.2) is 57.8 Å². The van der Waals surface area contributed by atoms with E-state index in [1.807, 2.05) is 0 Å². The van der Waals surface area contributed by atoms with E-state index in [0.717, 1.165) is 0 Å². The Labute approximate surface area is 118 Å². The molecule has 2 atom stereocenters. The van der Waals surface area contributed by atoms with Gasteiger partial charge in [0.25, 0.3) is 0 Å². The van der Waals surface area contributed by atoms with Crippen molar-refractivity contribution in [3.05, 3.63) is 30.1 Å². The molecule has 0 aromatic heterocycles. The minimum absolute atomic E-state index is 0.0237. The topological polar surface area (TPSA) is 60.0 Å². The van der Waals surface area contributed by atoms with Crippen molar-refractivity contribution in [2.75, 3.05) is 40.5 Å². The lowest BCUT2D eigenvalue weighted by Crippen LogP contribution is -2.38. The van der Waals surface area contributed by atoms with Crippen LogP contribution in [0.2, 0.25) is 0 Å². The number of hydrogen-bond donors (Lipinski definition) is 2. The van der Waals surface area contributed by atoms with E-state index >= 15 is 0 Å². The van der Waals surface area contributed by atoms with Crippen molar-refractivity contribution in [2.24, 2.45) is 0 Å². The highest BCUT2D eigenvalue weighted by Gasteiger charge is 2.10. The van der Waals surface area contributed by atoms with E-state index in [-0.39, 0.29) is 18.5 Å². The Morgan fingerprint density at radius 1 is 1.20 bits per heavy atom. The molecule has 0 heterocycles. The highest BCUT2D eigenvalue weighted by atomic mass is 19.1. The Kier molecular flexibility index (Phi) is 8.13. The number of benzene rings is 1. The fourth-order valence-electron chi connectivity index (χ4n) is 1.61. The number of aliphatic hydroxyl groups excluding tert-OH is 1. The molecule has 1 aromatic carbocycles. The molecule has 0 aliphatic heterocycles. The molecule has 0 amide bonds. The van der Waals surface area contributed by atoms with Crippen LogP contribution in [0.25, 0.3) is 0 Å². The Balaban J connectivity index is 2.20. The second kappa shape index (κ2) is 9.66. The Bertz CT molecular complexity index is 378. The van der Waals surface area contributed by atoms with Gasteiger partial charge in [-0.2, -0.15) is 0 Å². The van der Waals surface area contributed by atoms with E-state index < -0.39 is 11.9 Å². The van der Waals surface area contributed by atoms with E-state index in [4.69, 9.17) is 14.2 Å². The van der Waals surface area contributed by atoms with Crippen molar-refractivity contribution >= 4 is 0 Å². The molecule has 5 nitrogen and oxygen atoms in total. The van der Waals surface area contributed by atoms with Crippen LogP contribution in [0.3, 0.4) is 0 Å². The van der Waals surface area contributed by atoms with Gasteiger partial charge in [-0.1, -0.05) is 12.1 Å². The summed E-state index contributed by atoms with van der Waals surface area (Å²) >= 11 is 0. The van der Waals surface area contributed by atoms with Gasteiger partial charge in [-0.05, 0) is 12.1 Å². The molecule has 0 bridgehead atoms. The monoisotopic (exact) mass is 287 g/mol. The Hall–Kier alpha value is -1.21. The molecule has 0 saturated carbocycles. The maximum Gasteiger partial charge on any atom is 0.165 e. The highest BCUT2D eigenvalue weighted by Crippen LogP contribution is 2.15. The van der Waals surface area contributed by atoms with Crippen molar-refractivity contribution in [1.82, 2.24) is 5.32 Å². The van der Waals surface area contributed by atoms with Crippen LogP contribution in [0, 0.1) is 5.82 Å². The zero-order valence-corrected chi connectivity index (χ0v) is 11.8. The SMILES string of the molecule is COCC(CNCC(O)COc1ccccc1F)OC. The molecule has 114 valence electrons. The van der Waals surface area contributed by atoms with Gasteiger partial charge in [0.15, 0.2) is 11.6 Å². The smallest absolute Gasteiger partial charge is 0.165 e. The molecule has 0 aliphatic carbocycles. The molecule has 6 heteroatoms. The largest absolute Gasteiger partial charge is 0.488 e. The molecule has 0 spiro atoms. The normalized spacial score (nSPS) is 14.0. The maximum absolute atomic E-state index is 13.3. The van der Waals surface area contributed by atoms with E-state index in [2.05, 4.69) is 5.32 Å². The van der Waals surface area contributed by atoms with Crippen molar-refractivity contribution in [3.63, 3.8) is 0 Å². The summed E-state index contributed by atoms with van der Waals surface area (Å²) in [7, 11) is 3.20. The number of aliphatic hydroxyl groups is 1. The van der Waals surface area contributed by atoms with E-state index in [1.165, 1.54) is 12.1 Å². The highest BCUT2D eigenvalue weighted by molar-refractivity contribution is 5.23. The van der Waals surface area contributed by atoms with Gasteiger partial charge in [0, 0.05) is 27.3 Å². The molecule has 0 aliphatic rings. The van der Waals surface area contributed by atoms with Crippen LogP contribution < -0.4 is 10.1 Å². The lowest BCUT2D eigenvalue weighted by Gasteiger charge is -2.17. The van der Waals surface area contributed by atoms with Crippen molar-refractivity contribution in [2.45, 2.75) is 12.2 Å². The van der Waals surface area contributed by atoms with Crippen LogP contribution in [-0.2, 0) is 9.47 Å². The summed E-state index contributed by atoms with van der Waals surface area (Å²) in [6.45, 7) is 1.39. The second-order valence-electron chi connectivity index (χ2n) is 4.37. The summed E-state index contributed by atoms with van der Waals surface area (Å²) < 4.78 is 28.6. The molecular formula is C14H22FNO4. The number of rotatable bonds is 10. The zero-order valence-electron chi connectivity index (χ0n) is 11.8. The van der Waals surface area contributed by atoms with Gasteiger partial charge < -0.3 is 24.6 Å². The van der Waals surface area contributed by atoms with Crippen molar-refractivity contribution in [3.8, 4) is 5.75 Å². The summed E-state index contributed by atoms with van der Waals surface area (Å²) in [5.41, 5.74) is 0. The third-order valence-corrected chi connectivity index (χ3v) is 2.71. The van der Waals surface area contributed by atoms with Crippen LogP contribution in [0.5, 0.6) is 5.75 Å². The number of hydrogen-bond acceptors (Lipinski definition) is 5. The van der Waals surface area contributed by atoms with E-state index in [9.17, 15) is 9.50 Å². The van der Waals surface area contributed by atoms with E-state index in [0.29, 0.717) is 19.7 Å². The molecule has 20 heavy (non-hydrogen) atoms. The minimum atomic E-state index is -0.727. The maximum atomic E-state index is 13.3. The lowest BCUT2D eigenvalue weighted by molar-refractivity contribution is 0.0256. The minimum Gasteiger partial charge on any atom is -0.488 e. The first-order valence-electron chi connectivity index (χ1n) is 6.45. The molecule has 0 fully saturated rings. The van der Waals surface area contributed by atoms with Crippen LogP contribution in [0.1, 0.15) is 0 Å². The van der Waals surface area contributed by atoms with Gasteiger partial charge in [-0.15, -0.1) is 0 Å². The summed E-state index contributed by atoms with van der Waals surface area (Å²) in [5.74, 6) is -0.298. The average Bonchev–Trinajstić information content (AvgIpc) is 2.45. The second-order valence-corrected chi connectivity index (χ2v) is 4.37. The quantitative estimate of drug-likeness (QED) is 0.667. The van der Waals surface area contributed by atoms with Crippen LogP contribution in [0.15, 0.2) is 24.3 Å². The molecule has 1 rings (SSSR count). The van der Waals surface area contributed by atoms with Gasteiger partial charge in [-0.3, -0.25) is 0 Å². The number of para-hydroxylation sites is 1. The third-order valence-electron chi connectivity index (χ3n) is 2.71. The first-order chi connectivity index (χ1) is 9.67. The molecule has 2 unspecified atom stereocenters. The summed E-state index contributed by atoms with van der Waals surface area (Å²) in [6.07, 6.45) is -0.797. The number of halogens is 1. The average molecular weight is 287 g/mol. The van der Waals surface area contributed by atoms with Gasteiger partial charge in [0.2, 0.25) is 0 Å². The van der Waals surface area contributed by atoms with Gasteiger partial charge >= 0.3 is 0 Å². The number of methoxy groups -OCH3 is 2. The molecular weight excluding hydrogens is 265 g/mol. The van der Waals surface area contributed by atoms with Gasteiger partial charge in [0.05, 0.1) is 12.7 Å². The van der Waals surface area contributed by atoms with Crippen LogP contribution >= 0.6 is 0 Å². The predicted molar refractivity (Wildman–Crippen MR) is 73.4 cm³/mol. The Morgan fingerprint density at radius 2 is 1.95 bits per heavy atom. The molecule has 2 N–H and O–H groups in total. The number of nitrogens with one attached hydrogen (secondary N) is 1. The van der Waals surface area contributed by atoms with Crippen LogP contribution in [0.4, 0.5) is 4.39 Å². The summed E-state index contributed by atoms with van der Waals surface area (Å²) in [5, 5.41) is 12.8. The fraction of sp³-hybridized carbons (Fsp3) is 0.571. The fourth-order valence-corrected chi connectivity index (χ4v) is 1.61. The van der Waals surface area contributed by atoms with Gasteiger partial charge in [0.1, 0.15) is 12.7 Å². The number of ether oxygens (including phenoxy) is 3. The zero-order chi connectivity index (χ0) is 14.8.